The Hall–Kier alpha value is -1.65. The van der Waals surface area contributed by atoms with Gasteiger partial charge < -0.3 is 11.1 Å². The quantitative estimate of drug-likeness (QED) is 0.849. The molecule has 0 atom stereocenters. The summed E-state index contributed by atoms with van der Waals surface area (Å²) in [4.78, 5) is 4.54. The van der Waals surface area contributed by atoms with Crippen molar-refractivity contribution in [3.8, 4) is 0 Å². The molecule has 0 aliphatic rings. The number of pyridine rings is 1. The van der Waals surface area contributed by atoms with E-state index in [-0.39, 0.29) is 4.99 Å². The average Bonchev–Trinajstić information content (AvgIpc) is 2.37. The number of anilines is 1. The number of thiocarbonyl (C=S) groups is 1. The number of aromatic nitrogens is 1. The fraction of sp³-hybridized carbons (Fsp3) is 0.143. The lowest BCUT2D eigenvalue weighted by Crippen LogP contribution is -2.14. The topological polar surface area (TPSA) is 50.9 Å². The summed E-state index contributed by atoms with van der Waals surface area (Å²) < 4.78 is 0. The molecule has 0 amide bonds. The molecule has 3 nitrogen and oxygen atoms in total. The van der Waals surface area contributed by atoms with E-state index in [0.717, 1.165) is 16.9 Å². The summed E-state index contributed by atoms with van der Waals surface area (Å²) in [6.45, 7) is 2.60. The molecule has 0 saturated heterocycles. The van der Waals surface area contributed by atoms with Gasteiger partial charge >= 0.3 is 0 Å². The lowest BCUT2D eigenvalue weighted by Gasteiger charge is -2.12. The second kappa shape index (κ2) is 5.99. The Labute approximate surface area is 122 Å². The van der Waals surface area contributed by atoms with E-state index in [1.165, 1.54) is 0 Å². The molecule has 0 aliphatic heterocycles. The van der Waals surface area contributed by atoms with Crippen LogP contribution in [0.25, 0.3) is 0 Å². The highest BCUT2D eigenvalue weighted by Gasteiger charge is 2.09. The number of benzene rings is 1. The fourth-order valence-corrected chi connectivity index (χ4v) is 2.27. The van der Waals surface area contributed by atoms with Crippen LogP contribution in [0.15, 0.2) is 36.5 Å². The molecule has 1 aromatic heterocycles. The minimum Gasteiger partial charge on any atom is -0.389 e. The number of rotatable bonds is 4. The zero-order valence-electron chi connectivity index (χ0n) is 10.5. The highest BCUT2D eigenvalue weighted by molar-refractivity contribution is 7.80. The summed E-state index contributed by atoms with van der Waals surface area (Å²) in [6.07, 6.45) is 1.84. The van der Waals surface area contributed by atoms with Gasteiger partial charge in [0.15, 0.2) is 0 Å². The highest BCUT2D eigenvalue weighted by atomic mass is 35.5. The molecule has 0 spiro atoms. The molecule has 0 unspecified atom stereocenters. The van der Waals surface area contributed by atoms with Crippen LogP contribution in [0.3, 0.4) is 0 Å². The first-order valence-corrected chi connectivity index (χ1v) is 6.60. The summed E-state index contributed by atoms with van der Waals surface area (Å²) in [7, 11) is 0. The average molecular weight is 292 g/mol. The van der Waals surface area contributed by atoms with Gasteiger partial charge in [-0.2, -0.15) is 0 Å². The van der Waals surface area contributed by atoms with Crippen molar-refractivity contribution in [1.82, 2.24) is 4.98 Å². The molecule has 19 heavy (non-hydrogen) atoms. The van der Waals surface area contributed by atoms with E-state index < -0.39 is 0 Å². The number of aryl methyl sites for hydroxylation is 1. The zero-order chi connectivity index (χ0) is 13.8. The minimum absolute atomic E-state index is 0.287. The van der Waals surface area contributed by atoms with Gasteiger partial charge in [0.05, 0.1) is 10.6 Å². The van der Waals surface area contributed by atoms with Crippen molar-refractivity contribution in [2.45, 2.75) is 13.5 Å². The minimum atomic E-state index is 0.287. The fourth-order valence-electron chi connectivity index (χ4n) is 1.72. The van der Waals surface area contributed by atoms with Gasteiger partial charge in [0.2, 0.25) is 0 Å². The maximum atomic E-state index is 6.11. The number of nitrogens with zero attached hydrogens (tertiary/aromatic N) is 1. The third-order valence-corrected chi connectivity index (χ3v) is 3.23. The smallest absolute Gasteiger partial charge is 0.107 e. The van der Waals surface area contributed by atoms with E-state index in [0.29, 0.717) is 17.1 Å². The summed E-state index contributed by atoms with van der Waals surface area (Å²) >= 11 is 11.1. The number of hydrogen-bond acceptors (Lipinski definition) is 3. The normalized spacial score (nSPS) is 10.2. The Morgan fingerprint density at radius 2 is 2.16 bits per heavy atom. The van der Waals surface area contributed by atoms with Crippen molar-refractivity contribution in [2.75, 3.05) is 5.32 Å². The summed E-state index contributed by atoms with van der Waals surface area (Å²) in [6, 6.07) is 9.54. The Balaban J connectivity index is 2.18. The second-order valence-electron chi connectivity index (χ2n) is 4.19. The third kappa shape index (κ3) is 3.43. The SMILES string of the molecule is Cc1ccc(CNc2cccc(Cl)c2C(N)=S)cn1. The molecule has 98 valence electrons. The van der Waals surface area contributed by atoms with Crippen molar-refractivity contribution in [3.63, 3.8) is 0 Å². The largest absolute Gasteiger partial charge is 0.389 e. The first-order valence-electron chi connectivity index (χ1n) is 5.81. The lowest BCUT2D eigenvalue weighted by atomic mass is 10.1. The molecule has 1 heterocycles. The Morgan fingerprint density at radius 1 is 1.37 bits per heavy atom. The number of halogens is 1. The van der Waals surface area contributed by atoms with Crippen molar-refractivity contribution in [3.05, 3.63) is 58.4 Å². The summed E-state index contributed by atoms with van der Waals surface area (Å²) in [5.74, 6) is 0. The third-order valence-electron chi connectivity index (χ3n) is 2.72. The van der Waals surface area contributed by atoms with Gasteiger partial charge in [-0.15, -0.1) is 0 Å². The van der Waals surface area contributed by atoms with E-state index >= 15 is 0 Å². The van der Waals surface area contributed by atoms with Crippen LogP contribution in [0.2, 0.25) is 5.02 Å². The molecule has 1 aromatic carbocycles. The molecule has 0 saturated carbocycles. The van der Waals surface area contributed by atoms with Gasteiger partial charge in [0.1, 0.15) is 4.99 Å². The van der Waals surface area contributed by atoms with Crippen LogP contribution >= 0.6 is 23.8 Å². The first-order chi connectivity index (χ1) is 9.08. The Kier molecular flexibility index (Phi) is 4.35. The Morgan fingerprint density at radius 3 is 2.79 bits per heavy atom. The van der Waals surface area contributed by atoms with Crippen molar-refractivity contribution >= 4 is 34.5 Å². The molecular weight excluding hydrogens is 278 g/mol. The predicted molar refractivity (Wildman–Crippen MR) is 83.6 cm³/mol. The van der Waals surface area contributed by atoms with Crippen molar-refractivity contribution < 1.29 is 0 Å². The maximum Gasteiger partial charge on any atom is 0.107 e. The molecule has 3 N–H and O–H groups in total. The van der Waals surface area contributed by atoms with Gasteiger partial charge in [0.25, 0.3) is 0 Å². The maximum absolute atomic E-state index is 6.11. The van der Waals surface area contributed by atoms with Gasteiger partial charge in [0, 0.05) is 24.1 Å². The molecule has 0 radical (unpaired) electrons. The van der Waals surface area contributed by atoms with Gasteiger partial charge in [-0.05, 0) is 30.7 Å². The van der Waals surface area contributed by atoms with Crippen LogP contribution in [0.5, 0.6) is 0 Å². The Bertz CT molecular complexity index is 596. The van der Waals surface area contributed by atoms with E-state index in [4.69, 9.17) is 29.6 Å². The number of nitrogens with two attached hydrogens (primary N) is 1. The van der Waals surface area contributed by atoms with Crippen LogP contribution in [-0.4, -0.2) is 9.97 Å². The summed E-state index contributed by atoms with van der Waals surface area (Å²) in [5.41, 5.74) is 9.29. The van der Waals surface area contributed by atoms with Crippen molar-refractivity contribution in [1.29, 1.82) is 0 Å². The van der Waals surface area contributed by atoms with Gasteiger partial charge in [-0.3, -0.25) is 4.98 Å². The molecule has 2 aromatic rings. The van der Waals surface area contributed by atoms with Crippen LogP contribution in [0.1, 0.15) is 16.8 Å². The molecule has 0 fully saturated rings. The van der Waals surface area contributed by atoms with Crippen LogP contribution in [-0.2, 0) is 6.54 Å². The number of hydrogen-bond donors (Lipinski definition) is 2. The van der Waals surface area contributed by atoms with E-state index in [9.17, 15) is 0 Å². The molecule has 0 aliphatic carbocycles. The summed E-state index contributed by atoms with van der Waals surface area (Å²) in [5, 5.41) is 3.83. The second-order valence-corrected chi connectivity index (χ2v) is 5.04. The van der Waals surface area contributed by atoms with Crippen LogP contribution in [0, 0.1) is 6.92 Å². The highest BCUT2D eigenvalue weighted by Crippen LogP contribution is 2.24. The molecule has 2 rings (SSSR count). The lowest BCUT2D eigenvalue weighted by molar-refractivity contribution is 1.08. The number of nitrogens with one attached hydrogen (secondary N) is 1. The van der Waals surface area contributed by atoms with Crippen LogP contribution in [0.4, 0.5) is 5.69 Å². The molecule has 5 heteroatoms. The first kappa shape index (κ1) is 13.8. The van der Waals surface area contributed by atoms with Crippen molar-refractivity contribution in [2.24, 2.45) is 5.73 Å². The molecular formula is C14H14ClN3S. The van der Waals surface area contributed by atoms with E-state index in [1.54, 1.807) is 6.07 Å². The van der Waals surface area contributed by atoms with E-state index in [2.05, 4.69) is 10.3 Å². The molecule has 0 bridgehead atoms. The van der Waals surface area contributed by atoms with Gasteiger partial charge in [-0.1, -0.05) is 36.0 Å². The predicted octanol–water partition coefficient (Wildman–Crippen LogP) is 3.29. The zero-order valence-corrected chi connectivity index (χ0v) is 12.1. The van der Waals surface area contributed by atoms with E-state index in [1.807, 2.05) is 37.4 Å². The van der Waals surface area contributed by atoms with Gasteiger partial charge in [-0.25, -0.2) is 0 Å². The van der Waals surface area contributed by atoms with Crippen LogP contribution < -0.4 is 11.1 Å². The standard InChI is InChI=1S/C14H14ClN3S/c1-9-5-6-10(7-17-9)8-18-12-4-2-3-11(15)13(12)14(16)19/h2-7,18H,8H2,1H3,(H2,16,19). The monoisotopic (exact) mass is 291 g/mol.